The second kappa shape index (κ2) is 24.6. The third-order valence-electron chi connectivity index (χ3n) is 13.7. The molecule has 1 aliphatic carbocycles. The second-order valence-corrected chi connectivity index (χ2v) is 21.3. The Morgan fingerprint density at radius 3 is 1.39 bits per heavy atom. The number of hydrogen-bond acceptors (Lipinski definition) is 8. The van der Waals surface area contributed by atoms with Crippen molar-refractivity contribution in [2.45, 2.75) is 65.3 Å². The van der Waals surface area contributed by atoms with Crippen molar-refractivity contribution in [2.75, 3.05) is 18.1 Å². The van der Waals surface area contributed by atoms with Gasteiger partial charge in [0.15, 0.2) is 0 Å². The van der Waals surface area contributed by atoms with Gasteiger partial charge < -0.3 is 26.0 Å². The Morgan fingerprint density at radius 2 is 0.947 bits per heavy atom. The molecule has 0 aromatic heterocycles. The lowest BCUT2D eigenvalue weighted by atomic mass is 9.84. The third kappa shape index (κ3) is 12.5. The molecule has 75 heavy (non-hydrogen) atoms. The van der Waals surface area contributed by atoms with Gasteiger partial charge in [0, 0.05) is 12.2 Å². The Labute approximate surface area is 447 Å². The SMILES string of the molecule is O=C1C[C@@H](/C=C/CCSC(c2ccccc2)(c2ccccc2)c2ccccc2)OC(=O)CNC(=O)C2(CC2)NC(=O)[C@@H](CSC(c2ccccc2)(c2ccccc2)c2ccccc2)NC(=O)[C@@H](Cc2ccccc2)N1. The molecule has 0 bridgehead atoms. The molecule has 3 atom stereocenters. The molecule has 1 spiro atoms. The smallest absolute Gasteiger partial charge is 0.326 e. The van der Waals surface area contributed by atoms with Gasteiger partial charge in [0.2, 0.25) is 23.6 Å². The Balaban J connectivity index is 0.994. The molecule has 10 nitrogen and oxygen atoms in total. The van der Waals surface area contributed by atoms with Gasteiger partial charge in [-0.15, -0.1) is 23.5 Å². The maximum Gasteiger partial charge on any atom is 0.326 e. The quantitative estimate of drug-likeness (QED) is 0.0325. The minimum Gasteiger partial charge on any atom is -0.456 e. The molecule has 2 fully saturated rings. The molecular formula is C63H60N4O6S2. The first-order valence-corrected chi connectivity index (χ1v) is 27.4. The topological polar surface area (TPSA) is 143 Å². The van der Waals surface area contributed by atoms with Crippen molar-refractivity contribution >= 4 is 53.1 Å². The maximum atomic E-state index is 14.9. The van der Waals surface area contributed by atoms with Crippen LogP contribution in [0.5, 0.6) is 0 Å². The van der Waals surface area contributed by atoms with Gasteiger partial charge in [0.25, 0.3) is 0 Å². The lowest BCUT2D eigenvalue weighted by molar-refractivity contribution is -0.148. The number of carbonyl (C=O) groups is 5. The predicted molar refractivity (Wildman–Crippen MR) is 299 cm³/mol. The van der Waals surface area contributed by atoms with Gasteiger partial charge >= 0.3 is 5.97 Å². The number of allylic oxidation sites excluding steroid dienone is 1. The number of carbonyl (C=O) groups excluding carboxylic acids is 5. The number of nitrogens with one attached hydrogen (secondary N) is 4. The van der Waals surface area contributed by atoms with E-state index in [4.69, 9.17) is 4.74 Å². The van der Waals surface area contributed by atoms with Crippen molar-refractivity contribution in [1.82, 2.24) is 21.3 Å². The van der Waals surface area contributed by atoms with Crippen LogP contribution in [0, 0.1) is 0 Å². The molecule has 1 heterocycles. The zero-order chi connectivity index (χ0) is 51.9. The fourth-order valence-electron chi connectivity index (χ4n) is 9.76. The highest BCUT2D eigenvalue weighted by Gasteiger charge is 2.52. The van der Waals surface area contributed by atoms with E-state index in [1.54, 1.807) is 17.8 Å². The van der Waals surface area contributed by atoms with E-state index < -0.39 is 69.4 Å². The van der Waals surface area contributed by atoms with Crippen molar-refractivity contribution in [3.8, 4) is 0 Å². The van der Waals surface area contributed by atoms with Gasteiger partial charge in [0.05, 0.1) is 15.9 Å². The van der Waals surface area contributed by atoms with Crippen LogP contribution in [0.1, 0.15) is 64.6 Å². The third-order valence-corrected chi connectivity index (χ3v) is 16.9. The standard InChI is InChI=1S/C63H60N4O6S2/c68-56-43-53(38-22-23-41-74-62(47-26-10-2-11-27-47,48-28-12-3-13-29-48)49-30-14-4-15-31-49)73-57(69)44-64-60(72)61(39-40-61)67-59(71)55(66-58(70)54(65-56)42-46-24-8-1-9-25-46)45-75-63(50-32-16-5-17-33-50,51-34-18-6-19-35-51)52-36-20-7-21-37-52/h1-22,24-38,53-55H,23,39-45H2,(H,64,72)(H,65,68)(H,66,70)(H,67,71)/b38-22+/t53-,54-,55-/m1/s1. The lowest BCUT2D eigenvalue weighted by Crippen LogP contribution is -2.59. The summed E-state index contributed by atoms with van der Waals surface area (Å²) in [6.45, 7) is -0.480. The molecule has 7 aromatic carbocycles. The van der Waals surface area contributed by atoms with Crippen LogP contribution in [-0.2, 0) is 44.6 Å². The number of esters is 1. The number of thioether (sulfide) groups is 2. The highest BCUT2D eigenvalue weighted by atomic mass is 32.2. The van der Waals surface area contributed by atoms with E-state index in [1.165, 1.54) is 11.8 Å². The molecule has 1 aliphatic heterocycles. The van der Waals surface area contributed by atoms with E-state index in [0.717, 1.165) is 38.9 Å². The monoisotopic (exact) mass is 1030 g/mol. The molecule has 380 valence electrons. The number of amides is 4. The van der Waals surface area contributed by atoms with Gasteiger partial charge in [-0.25, -0.2) is 0 Å². The van der Waals surface area contributed by atoms with Crippen molar-refractivity contribution in [1.29, 1.82) is 0 Å². The Bertz CT molecular complexity index is 2850. The zero-order valence-corrected chi connectivity index (χ0v) is 43.1. The molecule has 7 aromatic rings. The van der Waals surface area contributed by atoms with Crippen molar-refractivity contribution in [3.63, 3.8) is 0 Å². The van der Waals surface area contributed by atoms with Gasteiger partial charge in [-0.1, -0.05) is 218 Å². The van der Waals surface area contributed by atoms with Crippen LogP contribution in [0.2, 0.25) is 0 Å². The Kier molecular flexibility index (Phi) is 17.1. The van der Waals surface area contributed by atoms with E-state index in [0.29, 0.717) is 25.0 Å². The van der Waals surface area contributed by atoms with Crippen molar-refractivity contribution in [2.24, 2.45) is 0 Å². The number of benzene rings is 7. The first-order valence-electron chi connectivity index (χ1n) is 25.4. The molecule has 1 saturated carbocycles. The molecule has 12 heteroatoms. The molecule has 0 unspecified atom stereocenters. The Hall–Kier alpha value is -7.67. The summed E-state index contributed by atoms with van der Waals surface area (Å²) in [4.78, 5) is 71.4. The van der Waals surface area contributed by atoms with Crippen molar-refractivity contribution < 1.29 is 28.7 Å². The molecule has 0 radical (unpaired) electrons. The van der Waals surface area contributed by atoms with E-state index in [9.17, 15) is 24.0 Å². The van der Waals surface area contributed by atoms with Crippen LogP contribution in [-0.4, -0.2) is 71.4 Å². The summed E-state index contributed by atoms with van der Waals surface area (Å²) in [5.74, 6) is -2.25. The number of rotatable bonds is 16. The zero-order valence-electron chi connectivity index (χ0n) is 41.5. The van der Waals surface area contributed by atoms with Crippen LogP contribution in [0.25, 0.3) is 0 Å². The normalized spacial score (nSPS) is 18.6. The molecule has 9 rings (SSSR count). The molecular weight excluding hydrogens is 973 g/mol. The maximum absolute atomic E-state index is 14.9. The van der Waals surface area contributed by atoms with Crippen LogP contribution in [0.4, 0.5) is 0 Å². The summed E-state index contributed by atoms with van der Waals surface area (Å²) in [5.41, 5.74) is 5.79. The first-order chi connectivity index (χ1) is 36.7. The summed E-state index contributed by atoms with van der Waals surface area (Å²) >= 11 is 3.28. The van der Waals surface area contributed by atoms with Crippen LogP contribution < -0.4 is 21.3 Å². The van der Waals surface area contributed by atoms with E-state index in [2.05, 4.69) is 130 Å². The molecule has 2 aliphatic rings. The van der Waals surface area contributed by atoms with Gasteiger partial charge in [-0.2, -0.15) is 0 Å². The summed E-state index contributed by atoms with van der Waals surface area (Å²) in [6, 6.07) is 68.4. The van der Waals surface area contributed by atoms with Gasteiger partial charge in [-0.05, 0) is 70.0 Å². The van der Waals surface area contributed by atoms with E-state index in [1.807, 2.05) is 109 Å². The van der Waals surface area contributed by atoms with Crippen molar-refractivity contribution in [3.05, 3.63) is 263 Å². The highest BCUT2D eigenvalue weighted by Crippen LogP contribution is 2.50. The summed E-state index contributed by atoms with van der Waals surface area (Å²) in [6.07, 6.45) is 3.63. The first kappa shape index (κ1) is 52.2. The van der Waals surface area contributed by atoms with Crippen LogP contribution in [0.3, 0.4) is 0 Å². The summed E-state index contributed by atoms with van der Waals surface area (Å²) in [7, 11) is 0. The number of ether oxygens (including phenoxy) is 1. The average molecular weight is 1030 g/mol. The van der Waals surface area contributed by atoms with Gasteiger partial charge in [-0.3, -0.25) is 24.0 Å². The molecule has 4 amide bonds. The van der Waals surface area contributed by atoms with Crippen LogP contribution in [0.15, 0.2) is 224 Å². The lowest BCUT2D eigenvalue weighted by Gasteiger charge is -2.37. The number of cyclic esters (lactones) is 1. The fraction of sp³-hybridized carbons (Fsp3) is 0.222. The van der Waals surface area contributed by atoms with Gasteiger partial charge in [0.1, 0.15) is 30.3 Å². The fourth-order valence-corrected chi connectivity index (χ4v) is 12.8. The molecule has 1 saturated heterocycles. The molecule has 4 N–H and O–H groups in total. The predicted octanol–water partition coefficient (Wildman–Crippen LogP) is 9.68. The highest BCUT2D eigenvalue weighted by molar-refractivity contribution is 8.00. The van der Waals surface area contributed by atoms with E-state index >= 15 is 0 Å². The summed E-state index contributed by atoms with van der Waals surface area (Å²) in [5, 5.41) is 11.7. The summed E-state index contributed by atoms with van der Waals surface area (Å²) < 4.78 is 4.53. The average Bonchev–Trinajstić information content (AvgIpc) is 4.25. The second-order valence-electron chi connectivity index (χ2n) is 18.8. The minimum atomic E-state index is -1.29. The largest absolute Gasteiger partial charge is 0.456 e. The number of hydrogen-bond donors (Lipinski definition) is 4. The van der Waals surface area contributed by atoms with Crippen LogP contribution >= 0.6 is 23.5 Å². The minimum absolute atomic E-state index is 0.0700. The van der Waals surface area contributed by atoms with E-state index in [-0.39, 0.29) is 18.6 Å². The Morgan fingerprint density at radius 1 is 0.520 bits per heavy atom.